The molecule has 0 aliphatic heterocycles. The maximum atomic E-state index is 11.4. The van der Waals surface area contributed by atoms with Crippen LogP contribution in [0.1, 0.15) is 16.2 Å². The number of benzene rings is 1. The van der Waals surface area contributed by atoms with Crippen LogP contribution in [0.3, 0.4) is 0 Å². The second-order valence-electron chi connectivity index (χ2n) is 3.00. The maximum absolute atomic E-state index is 11.4. The molecule has 1 aromatic carbocycles. The van der Waals surface area contributed by atoms with Gasteiger partial charge in [-0.1, -0.05) is 30.3 Å². The monoisotopic (exact) mass is 202 g/mol. The molecule has 0 aliphatic rings. The summed E-state index contributed by atoms with van der Waals surface area (Å²) in [5, 5.41) is 8.83. The molecule has 1 heterocycles. The van der Waals surface area contributed by atoms with Gasteiger partial charge in [0.25, 0.3) is 5.91 Å². The minimum absolute atomic E-state index is 0.228. The number of nitrogens with zero attached hydrogens (tertiary/aromatic N) is 2. The van der Waals surface area contributed by atoms with Crippen LogP contribution >= 0.6 is 0 Å². The highest BCUT2D eigenvalue weighted by Gasteiger charge is 2.06. The van der Waals surface area contributed by atoms with E-state index in [-0.39, 0.29) is 11.7 Å². The van der Waals surface area contributed by atoms with Crippen molar-refractivity contribution in [3.05, 3.63) is 48.0 Å². The number of amides is 1. The summed E-state index contributed by atoms with van der Waals surface area (Å²) in [4.78, 5) is 15.2. The fourth-order valence-corrected chi connectivity index (χ4v) is 1.18. The Labute approximate surface area is 86.5 Å². The molecule has 15 heavy (non-hydrogen) atoms. The van der Waals surface area contributed by atoms with Crippen molar-refractivity contribution >= 4 is 5.91 Å². The zero-order valence-electron chi connectivity index (χ0n) is 7.97. The smallest absolute Gasteiger partial charge is 0.288 e. The zero-order chi connectivity index (χ0) is 10.5. The molecule has 2 N–H and O–H groups in total. The Morgan fingerprint density at radius 2 is 2.13 bits per heavy atom. The van der Waals surface area contributed by atoms with Gasteiger partial charge >= 0.3 is 0 Å². The minimum atomic E-state index is -0.253. The highest BCUT2D eigenvalue weighted by molar-refractivity contribution is 5.90. The van der Waals surface area contributed by atoms with Crippen molar-refractivity contribution in [1.29, 1.82) is 0 Å². The molecule has 0 saturated heterocycles. The van der Waals surface area contributed by atoms with E-state index in [4.69, 9.17) is 0 Å². The standard InChI is InChI=1S/C10H10N4O/c15-10(9-12-7-13-14-9)11-6-8-4-2-1-3-5-8/h1-5,7H,6H2,(H,11,15)(H,12,13,14). The Kier molecular flexibility index (Phi) is 2.73. The number of aromatic amines is 1. The maximum Gasteiger partial charge on any atom is 0.288 e. The first-order valence-electron chi connectivity index (χ1n) is 4.54. The quantitative estimate of drug-likeness (QED) is 0.771. The number of aromatic nitrogens is 3. The van der Waals surface area contributed by atoms with E-state index in [0.29, 0.717) is 6.54 Å². The summed E-state index contributed by atoms with van der Waals surface area (Å²) >= 11 is 0. The second-order valence-corrected chi connectivity index (χ2v) is 3.00. The van der Waals surface area contributed by atoms with Crippen LogP contribution in [0, 0.1) is 0 Å². The van der Waals surface area contributed by atoms with E-state index in [1.807, 2.05) is 30.3 Å². The largest absolute Gasteiger partial charge is 0.345 e. The molecular formula is C10H10N4O. The number of rotatable bonds is 3. The first-order chi connectivity index (χ1) is 7.36. The predicted octanol–water partition coefficient (Wildman–Crippen LogP) is 0.735. The van der Waals surface area contributed by atoms with Crippen molar-refractivity contribution in [2.75, 3.05) is 0 Å². The predicted molar refractivity (Wildman–Crippen MR) is 54.0 cm³/mol. The van der Waals surface area contributed by atoms with Gasteiger partial charge in [0, 0.05) is 6.54 Å². The molecule has 0 bridgehead atoms. The Hall–Kier alpha value is -2.17. The Bertz CT molecular complexity index is 424. The normalized spacial score (nSPS) is 9.87. The number of nitrogens with one attached hydrogen (secondary N) is 2. The Morgan fingerprint density at radius 1 is 1.33 bits per heavy atom. The van der Waals surface area contributed by atoms with E-state index in [0.717, 1.165) is 5.56 Å². The number of H-pyrrole nitrogens is 1. The van der Waals surface area contributed by atoms with E-state index < -0.39 is 0 Å². The summed E-state index contributed by atoms with van der Waals surface area (Å²) in [5.41, 5.74) is 1.05. The molecule has 0 fully saturated rings. The van der Waals surface area contributed by atoms with Crippen LogP contribution in [0.5, 0.6) is 0 Å². The van der Waals surface area contributed by atoms with Gasteiger partial charge in [0.05, 0.1) is 0 Å². The van der Waals surface area contributed by atoms with Crippen LogP contribution in [-0.4, -0.2) is 21.1 Å². The first-order valence-corrected chi connectivity index (χ1v) is 4.54. The van der Waals surface area contributed by atoms with Gasteiger partial charge in [-0.25, -0.2) is 4.98 Å². The summed E-state index contributed by atoms with van der Waals surface area (Å²) in [6.07, 6.45) is 1.30. The molecule has 0 saturated carbocycles. The summed E-state index contributed by atoms with van der Waals surface area (Å²) < 4.78 is 0. The van der Waals surface area contributed by atoms with Gasteiger partial charge in [0.1, 0.15) is 6.33 Å². The van der Waals surface area contributed by atoms with Gasteiger partial charge in [-0.15, -0.1) is 0 Å². The lowest BCUT2D eigenvalue weighted by Gasteiger charge is -2.02. The molecule has 0 unspecified atom stereocenters. The van der Waals surface area contributed by atoms with Crippen molar-refractivity contribution < 1.29 is 4.79 Å². The molecule has 1 amide bonds. The molecule has 2 rings (SSSR count). The van der Waals surface area contributed by atoms with Gasteiger partial charge < -0.3 is 5.32 Å². The van der Waals surface area contributed by atoms with E-state index in [9.17, 15) is 4.79 Å². The number of hydrogen-bond acceptors (Lipinski definition) is 3. The molecule has 0 atom stereocenters. The van der Waals surface area contributed by atoms with Crippen molar-refractivity contribution in [3.63, 3.8) is 0 Å². The fourth-order valence-electron chi connectivity index (χ4n) is 1.18. The average Bonchev–Trinajstić information content (AvgIpc) is 2.81. The summed E-state index contributed by atoms with van der Waals surface area (Å²) in [6, 6.07) is 9.68. The summed E-state index contributed by atoms with van der Waals surface area (Å²) in [7, 11) is 0. The molecule has 0 radical (unpaired) electrons. The van der Waals surface area contributed by atoms with Crippen molar-refractivity contribution in [1.82, 2.24) is 20.5 Å². The third kappa shape index (κ3) is 2.40. The van der Waals surface area contributed by atoms with Crippen LogP contribution < -0.4 is 5.32 Å². The van der Waals surface area contributed by atoms with E-state index in [1.165, 1.54) is 6.33 Å². The lowest BCUT2D eigenvalue weighted by molar-refractivity contribution is 0.0941. The van der Waals surface area contributed by atoms with Gasteiger partial charge in [0.2, 0.25) is 5.82 Å². The molecule has 1 aromatic heterocycles. The van der Waals surface area contributed by atoms with Crippen LogP contribution in [-0.2, 0) is 6.54 Å². The van der Waals surface area contributed by atoms with E-state index in [2.05, 4.69) is 20.5 Å². The first kappa shape index (κ1) is 9.39. The molecule has 0 spiro atoms. The van der Waals surface area contributed by atoms with Crippen LogP contribution in [0.2, 0.25) is 0 Å². The van der Waals surface area contributed by atoms with Crippen molar-refractivity contribution in [3.8, 4) is 0 Å². The average molecular weight is 202 g/mol. The van der Waals surface area contributed by atoms with E-state index in [1.54, 1.807) is 0 Å². The van der Waals surface area contributed by atoms with Crippen LogP contribution in [0.25, 0.3) is 0 Å². The molecule has 5 heteroatoms. The zero-order valence-corrected chi connectivity index (χ0v) is 7.97. The third-order valence-corrected chi connectivity index (χ3v) is 1.93. The van der Waals surface area contributed by atoms with Gasteiger partial charge in [-0.3, -0.25) is 9.89 Å². The summed E-state index contributed by atoms with van der Waals surface area (Å²) in [6.45, 7) is 0.486. The second kappa shape index (κ2) is 4.36. The van der Waals surface area contributed by atoms with Crippen molar-refractivity contribution in [2.45, 2.75) is 6.54 Å². The Balaban J connectivity index is 1.92. The molecule has 5 nitrogen and oxygen atoms in total. The Morgan fingerprint density at radius 3 is 2.80 bits per heavy atom. The lowest BCUT2D eigenvalue weighted by Crippen LogP contribution is -2.23. The van der Waals surface area contributed by atoms with E-state index >= 15 is 0 Å². The highest BCUT2D eigenvalue weighted by Crippen LogP contribution is 1.97. The van der Waals surface area contributed by atoms with Crippen LogP contribution in [0.4, 0.5) is 0 Å². The SMILES string of the molecule is O=C(NCc1ccccc1)c1ncn[nH]1. The highest BCUT2D eigenvalue weighted by atomic mass is 16.2. The molecule has 2 aromatic rings. The number of carbonyl (C=O) groups is 1. The molecular weight excluding hydrogens is 192 g/mol. The fraction of sp³-hybridized carbons (Fsp3) is 0.100. The number of carbonyl (C=O) groups excluding carboxylic acids is 1. The van der Waals surface area contributed by atoms with Gasteiger partial charge in [0.15, 0.2) is 0 Å². The molecule has 0 aliphatic carbocycles. The lowest BCUT2D eigenvalue weighted by atomic mass is 10.2. The summed E-state index contributed by atoms with van der Waals surface area (Å²) in [5.74, 6) is -0.0257. The third-order valence-electron chi connectivity index (χ3n) is 1.93. The van der Waals surface area contributed by atoms with Crippen molar-refractivity contribution in [2.24, 2.45) is 0 Å². The molecule has 76 valence electrons. The topological polar surface area (TPSA) is 70.7 Å². The van der Waals surface area contributed by atoms with Gasteiger partial charge in [-0.05, 0) is 5.56 Å². The number of hydrogen-bond donors (Lipinski definition) is 2. The van der Waals surface area contributed by atoms with Gasteiger partial charge in [-0.2, -0.15) is 5.10 Å². The minimum Gasteiger partial charge on any atom is -0.345 e. The van der Waals surface area contributed by atoms with Crippen LogP contribution in [0.15, 0.2) is 36.7 Å².